The quantitative estimate of drug-likeness (QED) is 0.470. The lowest BCUT2D eigenvalue weighted by Gasteiger charge is -2.15. The van der Waals surface area contributed by atoms with Crippen molar-refractivity contribution in [1.82, 2.24) is 0 Å². The van der Waals surface area contributed by atoms with Crippen molar-refractivity contribution in [3.05, 3.63) is 72.3 Å². The number of nitrogens with one attached hydrogen (secondary N) is 1. The molecule has 2 aliphatic rings. The minimum absolute atomic E-state index is 0.206. The van der Waals surface area contributed by atoms with E-state index in [4.69, 9.17) is 4.74 Å². The van der Waals surface area contributed by atoms with Crippen LogP contribution < -0.4 is 10.2 Å². The maximum atomic E-state index is 12.6. The van der Waals surface area contributed by atoms with Crippen LogP contribution in [0.5, 0.6) is 0 Å². The van der Waals surface area contributed by atoms with Gasteiger partial charge in [0.05, 0.1) is 23.1 Å². The van der Waals surface area contributed by atoms with Crippen molar-refractivity contribution in [1.29, 1.82) is 0 Å². The molecule has 1 heterocycles. The molecular weight excluding hydrogens is 384 g/mol. The van der Waals surface area contributed by atoms with E-state index in [1.165, 1.54) is 17.0 Å². The Kier molecular flexibility index (Phi) is 5.43. The van der Waals surface area contributed by atoms with Crippen LogP contribution in [-0.2, 0) is 19.1 Å². The van der Waals surface area contributed by atoms with Gasteiger partial charge in [-0.05, 0) is 49.2 Å². The highest BCUT2D eigenvalue weighted by molar-refractivity contribution is 6.22. The number of esters is 1. The molecule has 0 aromatic heterocycles. The second-order valence-corrected chi connectivity index (χ2v) is 7.20. The van der Waals surface area contributed by atoms with Crippen LogP contribution in [0.3, 0.4) is 0 Å². The van der Waals surface area contributed by atoms with E-state index < -0.39 is 18.5 Å². The van der Waals surface area contributed by atoms with Crippen molar-refractivity contribution in [3.63, 3.8) is 0 Å². The molecule has 2 atom stereocenters. The largest absolute Gasteiger partial charge is 0.452 e. The number of fused-ring (bicyclic) bond motifs is 1. The first-order valence-corrected chi connectivity index (χ1v) is 9.69. The molecule has 1 aliphatic carbocycles. The zero-order valence-electron chi connectivity index (χ0n) is 16.1. The van der Waals surface area contributed by atoms with Gasteiger partial charge in [0.1, 0.15) is 0 Å². The highest BCUT2D eigenvalue weighted by atomic mass is 16.5. The van der Waals surface area contributed by atoms with Crippen LogP contribution >= 0.6 is 0 Å². The molecule has 4 rings (SSSR count). The second kappa shape index (κ2) is 8.32. The average Bonchev–Trinajstić information content (AvgIpc) is 3.03. The first-order valence-electron chi connectivity index (χ1n) is 9.69. The SMILES string of the molecule is O=C(COC(=O)c1ccc(N2C(=O)[C@H]3CC=CC[C@@H]3C2=O)cc1)Nc1ccccc1. The summed E-state index contributed by atoms with van der Waals surface area (Å²) >= 11 is 0. The Morgan fingerprint density at radius 1 is 0.900 bits per heavy atom. The molecule has 152 valence electrons. The van der Waals surface area contributed by atoms with E-state index >= 15 is 0 Å². The number of allylic oxidation sites excluding steroid dienone is 2. The molecule has 1 saturated heterocycles. The molecule has 0 bridgehead atoms. The van der Waals surface area contributed by atoms with E-state index in [1.807, 2.05) is 18.2 Å². The third-order valence-corrected chi connectivity index (χ3v) is 5.26. The summed E-state index contributed by atoms with van der Waals surface area (Å²) in [4.78, 5) is 50.6. The van der Waals surface area contributed by atoms with Crippen LogP contribution in [0.15, 0.2) is 66.7 Å². The summed E-state index contributed by atoms with van der Waals surface area (Å²) in [6, 6.07) is 14.9. The number of nitrogens with zero attached hydrogens (tertiary/aromatic N) is 1. The fourth-order valence-corrected chi connectivity index (χ4v) is 3.73. The summed E-state index contributed by atoms with van der Waals surface area (Å²) in [5.41, 5.74) is 1.26. The number of benzene rings is 2. The van der Waals surface area contributed by atoms with Gasteiger partial charge < -0.3 is 10.1 Å². The Morgan fingerprint density at radius 2 is 1.50 bits per heavy atom. The Labute approximate surface area is 173 Å². The van der Waals surface area contributed by atoms with Crippen LogP contribution in [0.2, 0.25) is 0 Å². The lowest BCUT2D eigenvalue weighted by Crippen LogP contribution is -2.30. The predicted octanol–water partition coefficient (Wildman–Crippen LogP) is 2.94. The van der Waals surface area contributed by atoms with Gasteiger partial charge in [-0.25, -0.2) is 4.79 Å². The van der Waals surface area contributed by atoms with Crippen molar-refractivity contribution in [2.75, 3.05) is 16.8 Å². The highest BCUT2D eigenvalue weighted by Crippen LogP contribution is 2.37. The maximum absolute atomic E-state index is 12.6. The van der Waals surface area contributed by atoms with Gasteiger partial charge in [-0.1, -0.05) is 30.4 Å². The molecule has 1 fully saturated rings. The van der Waals surface area contributed by atoms with Gasteiger partial charge in [-0.3, -0.25) is 19.3 Å². The Balaban J connectivity index is 1.36. The number of para-hydroxylation sites is 1. The van der Waals surface area contributed by atoms with Gasteiger partial charge in [0, 0.05) is 5.69 Å². The van der Waals surface area contributed by atoms with E-state index in [1.54, 1.807) is 36.4 Å². The molecule has 1 N–H and O–H groups in total. The number of hydrogen-bond acceptors (Lipinski definition) is 5. The minimum atomic E-state index is -0.665. The van der Waals surface area contributed by atoms with Gasteiger partial charge in [-0.15, -0.1) is 0 Å². The van der Waals surface area contributed by atoms with E-state index in [0.717, 1.165) is 0 Å². The normalized spacial score (nSPS) is 20.1. The monoisotopic (exact) mass is 404 g/mol. The smallest absolute Gasteiger partial charge is 0.338 e. The van der Waals surface area contributed by atoms with Gasteiger partial charge >= 0.3 is 5.97 Å². The molecule has 2 aromatic rings. The molecule has 7 nitrogen and oxygen atoms in total. The fourth-order valence-electron chi connectivity index (χ4n) is 3.73. The third-order valence-electron chi connectivity index (χ3n) is 5.26. The van der Waals surface area contributed by atoms with E-state index in [0.29, 0.717) is 24.2 Å². The summed E-state index contributed by atoms with van der Waals surface area (Å²) in [5.74, 6) is -2.15. The molecule has 30 heavy (non-hydrogen) atoms. The summed E-state index contributed by atoms with van der Waals surface area (Å²) in [6.07, 6.45) is 5.01. The van der Waals surface area contributed by atoms with Crippen LogP contribution in [0.1, 0.15) is 23.2 Å². The van der Waals surface area contributed by atoms with Crippen molar-refractivity contribution in [3.8, 4) is 0 Å². The summed E-state index contributed by atoms with van der Waals surface area (Å²) in [5, 5.41) is 2.63. The zero-order valence-corrected chi connectivity index (χ0v) is 16.1. The maximum Gasteiger partial charge on any atom is 0.338 e. The van der Waals surface area contributed by atoms with Gasteiger partial charge in [0.15, 0.2) is 6.61 Å². The van der Waals surface area contributed by atoms with Crippen molar-refractivity contribution < 1.29 is 23.9 Å². The first-order chi connectivity index (χ1) is 14.5. The standard InChI is InChI=1S/C23H20N2O5/c26-20(24-16-6-2-1-3-7-16)14-30-23(29)15-10-12-17(13-11-15)25-21(27)18-8-4-5-9-19(18)22(25)28/h1-7,10-13,18-19H,8-9,14H2,(H,24,26)/t18-,19-/m0/s1. The summed E-state index contributed by atoms with van der Waals surface area (Å²) in [7, 11) is 0. The molecule has 0 unspecified atom stereocenters. The lowest BCUT2D eigenvalue weighted by atomic mass is 9.85. The van der Waals surface area contributed by atoms with E-state index in [9.17, 15) is 19.2 Å². The molecule has 3 amide bonds. The molecule has 0 radical (unpaired) electrons. The second-order valence-electron chi connectivity index (χ2n) is 7.20. The Morgan fingerprint density at radius 3 is 2.10 bits per heavy atom. The number of amides is 3. The molecule has 7 heteroatoms. The number of rotatable bonds is 5. The number of carbonyl (C=O) groups is 4. The molecule has 0 spiro atoms. The van der Waals surface area contributed by atoms with Crippen molar-refractivity contribution in [2.45, 2.75) is 12.8 Å². The third kappa shape index (κ3) is 3.87. The van der Waals surface area contributed by atoms with Crippen molar-refractivity contribution >= 4 is 35.1 Å². The lowest BCUT2D eigenvalue weighted by molar-refractivity contribution is -0.122. The number of hydrogen-bond donors (Lipinski definition) is 1. The minimum Gasteiger partial charge on any atom is -0.452 e. The first kappa shape index (κ1) is 19.6. The Bertz CT molecular complexity index is 988. The number of anilines is 2. The Hall–Kier alpha value is -3.74. The average molecular weight is 404 g/mol. The predicted molar refractivity (Wildman–Crippen MR) is 110 cm³/mol. The van der Waals surface area contributed by atoms with Crippen LogP contribution in [-0.4, -0.2) is 30.3 Å². The number of ether oxygens (including phenoxy) is 1. The van der Waals surface area contributed by atoms with Crippen LogP contribution in [0.25, 0.3) is 0 Å². The number of imide groups is 1. The fraction of sp³-hybridized carbons (Fsp3) is 0.217. The molecule has 1 aliphatic heterocycles. The van der Waals surface area contributed by atoms with Crippen molar-refractivity contribution in [2.24, 2.45) is 11.8 Å². The number of carbonyl (C=O) groups excluding carboxylic acids is 4. The van der Waals surface area contributed by atoms with E-state index in [2.05, 4.69) is 5.32 Å². The van der Waals surface area contributed by atoms with Crippen LogP contribution in [0.4, 0.5) is 11.4 Å². The van der Waals surface area contributed by atoms with E-state index in [-0.39, 0.29) is 29.2 Å². The highest BCUT2D eigenvalue weighted by Gasteiger charge is 2.47. The molecule has 0 saturated carbocycles. The summed E-state index contributed by atoms with van der Waals surface area (Å²) in [6.45, 7) is -0.422. The summed E-state index contributed by atoms with van der Waals surface area (Å²) < 4.78 is 5.04. The zero-order chi connectivity index (χ0) is 21.1. The van der Waals surface area contributed by atoms with Gasteiger partial charge in [0.25, 0.3) is 5.91 Å². The van der Waals surface area contributed by atoms with Crippen LogP contribution in [0, 0.1) is 11.8 Å². The van der Waals surface area contributed by atoms with Gasteiger partial charge in [-0.2, -0.15) is 0 Å². The van der Waals surface area contributed by atoms with Gasteiger partial charge in [0.2, 0.25) is 11.8 Å². The molecular formula is C23H20N2O5. The molecule has 2 aromatic carbocycles. The topological polar surface area (TPSA) is 92.8 Å².